The second kappa shape index (κ2) is 12.4. The fourth-order valence-corrected chi connectivity index (χ4v) is 8.61. The predicted molar refractivity (Wildman–Crippen MR) is 231 cm³/mol. The minimum Gasteiger partial charge on any atom is -0.316 e. The van der Waals surface area contributed by atoms with E-state index in [1.54, 1.807) is 0 Å². The van der Waals surface area contributed by atoms with Gasteiger partial charge < -0.3 is 18.6 Å². The van der Waals surface area contributed by atoms with Crippen LogP contribution in [-0.2, 0) is 0 Å². The van der Waals surface area contributed by atoms with Gasteiger partial charge in [-0.25, -0.2) is 0 Å². The highest BCUT2D eigenvalue weighted by molar-refractivity contribution is 6.21. The van der Waals surface area contributed by atoms with Crippen LogP contribution in [0.4, 0.5) is 17.1 Å². The molecule has 0 fully saturated rings. The van der Waals surface area contributed by atoms with E-state index in [9.17, 15) is 0 Å². The Balaban J connectivity index is 1.07. The number of fused-ring (bicyclic) bond motifs is 8. The van der Waals surface area contributed by atoms with Gasteiger partial charge in [-0.1, -0.05) is 96.6 Å². The van der Waals surface area contributed by atoms with Crippen LogP contribution in [0.2, 0.25) is 0 Å². The molecular weight excluding hydrogens is 669 g/mol. The topological polar surface area (TPSA) is 18.0 Å². The van der Waals surface area contributed by atoms with Crippen LogP contribution in [0.15, 0.2) is 200 Å². The van der Waals surface area contributed by atoms with Gasteiger partial charge in [-0.3, -0.25) is 0 Å². The van der Waals surface area contributed by atoms with E-state index in [0.717, 1.165) is 28.4 Å². The van der Waals surface area contributed by atoms with Crippen LogP contribution >= 0.6 is 0 Å². The molecule has 0 atom stereocenters. The monoisotopic (exact) mass is 704 g/mol. The van der Waals surface area contributed by atoms with Crippen molar-refractivity contribution >= 4 is 71.6 Å². The average Bonchev–Trinajstić information content (AvgIpc) is 3.93. The largest absolute Gasteiger partial charge is 0.316 e. The molecule has 0 spiro atoms. The molecule has 3 aromatic heterocycles. The summed E-state index contributed by atoms with van der Waals surface area (Å²) in [6, 6.07) is 70.3. The highest BCUT2D eigenvalue weighted by Crippen LogP contribution is 2.42. The first-order valence-electron chi connectivity index (χ1n) is 18.9. The summed E-state index contributed by atoms with van der Waals surface area (Å²) in [5.74, 6) is 0. The summed E-state index contributed by atoms with van der Waals surface area (Å²) in [5.41, 5.74) is 14.0. The van der Waals surface area contributed by atoms with Crippen LogP contribution in [0.5, 0.6) is 0 Å². The van der Waals surface area contributed by atoms with Crippen molar-refractivity contribution < 1.29 is 0 Å². The Labute approximate surface area is 319 Å². The zero-order valence-corrected chi connectivity index (χ0v) is 30.3. The lowest BCUT2D eigenvalue weighted by atomic mass is 10.1. The van der Waals surface area contributed by atoms with E-state index in [-0.39, 0.29) is 0 Å². The third-order valence-corrected chi connectivity index (χ3v) is 11.1. The van der Waals surface area contributed by atoms with Gasteiger partial charge in [0.25, 0.3) is 0 Å². The molecule has 55 heavy (non-hydrogen) atoms. The summed E-state index contributed by atoms with van der Waals surface area (Å²) in [5, 5.41) is 6.19. The van der Waals surface area contributed by atoms with Gasteiger partial charge in [-0.2, -0.15) is 0 Å². The Morgan fingerprint density at radius 1 is 0.382 bits per heavy atom. The van der Waals surface area contributed by atoms with Gasteiger partial charge in [0.1, 0.15) is 0 Å². The zero-order chi connectivity index (χ0) is 36.5. The quantitative estimate of drug-likeness (QED) is 0.168. The molecule has 3 heterocycles. The lowest BCUT2D eigenvalue weighted by molar-refractivity contribution is 1.13. The number of nitrogens with zero attached hydrogens (tertiary/aromatic N) is 4. The van der Waals surface area contributed by atoms with Crippen molar-refractivity contribution in [3.8, 4) is 17.1 Å². The summed E-state index contributed by atoms with van der Waals surface area (Å²) in [6.07, 6.45) is 2.19. The maximum absolute atomic E-state index is 2.41. The molecule has 0 saturated heterocycles. The number of benzene rings is 8. The zero-order valence-electron chi connectivity index (χ0n) is 30.3. The first-order valence-corrected chi connectivity index (χ1v) is 18.9. The Bertz CT molecular complexity index is 3180. The van der Waals surface area contributed by atoms with E-state index < -0.39 is 0 Å². The minimum absolute atomic E-state index is 1.10. The van der Waals surface area contributed by atoms with Crippen LogP contribution in [0.25, 0.3) is 71.6 Å². The van der Waals surface area contributed by atoms with E-state index in [2.05, 4.69) is 226 Å². The van der Waals surface area contributed by atoms with E-state index in [1.165, 1.54) is 65.8 Å². The van der Waals surface area contributed by atoms with Gasteiger partial charge in [-0.15, -0.1) is 0 Å². The van der Waals surface area contributed by atoms with Gasteiger partial charge in [0.2, 0.25) is 0 Å². The molecule has 11 rings (SSSR count). The van der Waals surface area contributed by atoms with Crippen molar-refractivity contribution in [2.75, 3.05) is 4.90 Å². The normalized spacial score (nSPS) is 11.7. The average molecular weight is 705 g/mol. The van der Waals surface area contributed by atoms with E-state index in [0.29, 0.717) is 0 Å². The Hall–Kier alpha value is -7.30. The third-order valence-electron chi connectivity index (χ3n) is 11.1. The molecule has 4 nitrogen and oxygen atoms in total. The Morgan fingerprint density at radius 2 is 0.927 bits per heavy atom. The van der Waals surface area contributed by atoms with E-state index in [1.807, 2.05) is 0 Å². The van der Waals surface area contributed by atoms with Crippen LogP contribution in [-0.4, -0.2) is 13.7 Å². The van der Waals surface area contributed by atoms with Crippen molar-refractivity contribution in [3.63, 3.8) is 0 Å². The molecule has 0 amide bonds. The van der Waals surface area contributed by atoms with Crippen molar-refractivity contribution in [1.29, 1.82) is 0 Å². The smallest absolute Gasteiger partial charge is 0.0628 e. The van der Waals surface area contributed by atoms with Gasteiger partial charge in [-0.05, 0) is 110 Å². The van der Waals surface area contributed by atoms with Crippen LogP contribution in [0.3, 0.4) is 0 Å². The molecule has 8 aromatic carbocycles. The molecule has 4 heteroatoms. The number of para-hydroxylation sites is 4. The number of anilines is 3. The third kappa shape index (κ3) is 4.92. The molecule has 0 saturated carbocycles. The van der Waals surface area contributed by atoms with Gasteiger partial charge in [0.05, 0.1) is 27.6 Å². The number of hydrogen-bond donors (Lipinski definition) is 0. The molecule has 260 valence electrons. The van der Waals surface area contributed by atoms with Crippen molar-refractivity contribution in [2.24, 2.45) is 0 Å². The van der Waals surface area contributed by atoms with Crippen molar-refractivity contribution in [1.82, 2.24) is 13.7 Å². The number of hydrogen-bond acceptors (Lipinski definition) is 1. The molecule has 0 aliphatic carbocycles. The molecule has 0 aliphatic rings. The molecule has 11 aromatic rings. The van der Waals surface area contributed by atoms with Gasteiger partial charge >= 0.3 is 0 Å². The summed E-state index contributed by atoms with van der Waals surface area (Å²) in [4.78, 5) is 2.36. The van der Waals surface area contributed by atoms with E-state index >= 15 is 0 Å². The fourth-order valence-electron chi connectivity index (χ4n) is 8.61. The maximum Gasteiger partial charge on any atom is 0.0628 e. The highest BCUT2D eigenvalue weighted by Gasteiger charge is 2.20. The van der Waals surface area contributed by atoms with Crippen LogP contribution < -0.4 is 4.90 Å². The van der Waals surface area contributed by atoms with Crippen molar-refractivity contribution in [2.45, 2.75) is 6.92 Å². The summed E-state index contributed by atoms with van der Waals surface area (Å²) >= 11 is 0. The molecular formula is C51H36N4. The van der Waals surface area contributed by atoms with Gasteiger partial charge in [0.15, 0.2) is 0 Å². The van der Waals surface area contributed by atoms with Gasteiger partial charge in [0, 0.05) is 67.3 Å². The predicted octanol–water partition coefficient (Wildman–Crippen LogP) is 13.6. The number of aromatic nitrogens is 3. The number of rotatable bonds is 6. The number of aryl methyl sites for hydroxylation is 1. The maximum atomic E-state index is 2.41. The highest BCUT2D eigenvalue weighted by atomic mass is 15.1. The Kier molecular flexibility index (Phi) is 7.04. The summed E-state index contributed by atoms with van der Waals surface area (Å²) < 4.78 is 7.12. The first-order chi connectivity index (χ1) is 27.2. The SMILES string of the molecule is Cc1ccc(-n2c3ccccc3c3cc(N(c4ccccc4)c4ccc(-n5c6ccccc6c6c7c(ccc65)ccn7-c5ccccc5)cc4)ccc32)cc1. The van der Waals surface area contributed by atoms with Crippen LogP contribution in [0.1, 0.15) is 5.56 Å². The molecule has 0 radical (unpaired) electrons. The van der Waals surface area contributed by atoms with E-state index in [4.69, 9.17) is 0 Å². The first kappa shape index (κ1) is 31.2. The van der Waals surface area contributed by atoms with Crippen molar-refractivity contribution in [3.05, 3.63) is 206 Å². The molecule has 0 bridgehead atoms. The summed E-state index contributed by atoms with van der Waals surface area (Å²) in [6.45, 7) is 2.14. The summed E-state index contributed by atoms with van der Waals surface area (Å²) in [7, 11) is 0. The lowest BCUT2D eigenvalue weighted by Gasteiger charge is -2.26. The minimum atomic E-state index is 1.10. The molecule has 0 N–H and O–H groups in total. The second-order valence-electron chi connectivity index (χ2n) is 14.3. The lowest BCUT2D eigenvalue weighted by Crippen LogP contribution is -2.10. The molecule has 0 aliphatic heterocycles. The second-order valence-corrected chi connectivity index (χ2v) is 14.3. The van der Waals surface area contributed by atoms with Crippen LogP contribution in [0, 0.1) is 6.92 Å². The standard InChI is InChI=1S/C51H36N4/c1-35-20-23-40(24-21-35)54-46-18-10-8-16-43(46)45-34-42(29-31-48(45)54)53(38-14-6-3-7-15-38)39-25-27-41(28-26-39)55-47-19-11-9-17-44(47)50-49(55)30-22-36-32-33-52(51(36)50)37-12-4-2-5-13-37/h2-34H,1H3. The molecule has 0 unspecified atom stereocenters. The Morgan fingerprint density at radius 3 is 1.67 bits per heavy atom. The fraction of sp³-hybridized carbons (Fsp3) is 0.0196.